The number of phosphoric acid groups is 3. The highest BCUT2D eigenvalue weighted by Gasteiger charge is 2.54. The number of hydrogen-bond acceptors (Lipinski definition) is 31. The predicted octanol–water partition coefficient (Wildman–Crippen LogP) is -5.57. The lowest BCUT2D eigenvalue weighted by atomic mass is 10.1. The van der Waals surface area contributed by atoms with Crippen LogP contribution in [0.15, 0.2) is 62.7 Å². The number of aliphatic hydroxyl groups excluding tert-OH is 5. The van der Waals surface area contributed by atoms with Crippen LogP contribution in [0.3, 0.4) is 0 Å². The van der Waals surface area contributed by atoms with Crippen molar-refractivity contribution in [3.63, 3.8) is 0 Å². The summed E-state index contributed by atoms with van der Waals surface area (Å²) in [5.74, 6) is -0.713. The van der Waals surface area contributed by atoms with E-state index in [1.165, 1.54) is 17.8 Å². The second kappa shape index (κ2) is 22.2. The summed E-state index contributed by atoms with van der Waals surface area (Å²) in [5.41, 5.74) is 13.0. The van der Waals surface area contributed by atoms with Gasteiger partial charge in [-0.2, -0.15) is 9.97 Å². The number of rotatable bonds is 19. The highest BCUT2D eigenvalue weighted by atomic mass is 31.2. The number of H-pyrrole nitrogens is 2. The van der Waals surface area contributed by atoms with Crippen molar-refractivity contribution in [3.8, 4) is 0 Å². The molecule has 440 valence electrons. The Bertz CT molecular complexity index is 3730. The molecule has 0 spiro atoms. The number of aromatic amines is 2. The molecule has 4 aliphatic rings. The molecule has 81 heavy (non-hydrogen) atoms. The van der Waals surface area contributed by atoms with Crippen molar-refractivity contribution in [2.24, 2.45) is 0 Å². The zero-order valence-corrected chi connectivity index (χ0v) is 43.6. The van der Waals surface area contributed by atoms with Gasteiger partial charge in [0.05, 0.1) is 38.6 Å². The van der Waals surface area contributed by atoms with Crippen molar-refractivity contribution < 1.29 is 100.0 Å². The zero-order valence-electron chi connectivity index (χ0n) is 41.0. The number of nitrogens with two attached hydrogens (primary N) is 3. The minimum atomic E-state index is -5.71. The number of nitrogens with zero attached hydrogens (tertiary/aromatic N) is 10. The lowest BCUT2D eigenvalue weighted by molar-refractivity contribution is -0.0633. The smallest absolute Gasteiger partial charge is 0.387 e. The standard InChI is InChI=1S/C38H48N15O25P3/c1-12-25(22(57)33(72-12)51-5-3-17(54)47-38(51)62)76-79(63,64)70-7-14-26(23(58)34(74-14)50-4-2-16(39)46-37(50)61)77-81(67,68)71-8-15-27(24(59)35(75-15)53-11-45-19-30(53)48-36(41)49-31(19)60)78-80(65,66)69-6-13-20(55)21(56)32(73-13)52-10-44-18-28(40)42-9-43-29(18)52/h2-5,9-15,20-27,32-35,55-59H,6-8H2,1H3,(H,63,64)(H,65,66)(H,67,68)(H2,39,46,61)(H2,40,42,43)(H,47,54,62)(H3,41,48,49,60)/t12-,13-,14-,15-,20-,21-,22-,23-,24-,25-,26-,27-,32-,33-,34-,35-/m1/s1. The lowest BCUT2D eigenvalue weighted by Gasteiger charge is -2.26. The van der Waals surface area contributed by atoms with E-state index in [2.05, 4.69) is 34.9 Å². The SMILES string of the molecule is C[C@H]1O[C@@H](n2ccc(=O)[nH]c2=O)[C@H](O)[C@@H]1OP(=O)(O)OC[C@H]1O[C@@H](n2ccc(N)nc2=O)[C@H](O)[C@@H]1OP(=O)(O)OC[C@H]1O[C@@H](n2cnc3c(=O)[nH]c(N)nc32)[C@H](O)[C@@H]1OP(=O)(O)OC[C@H]1O[C@@H](n2cnc3c(N)ncnc32)[C@H](O)[C@@H]1O. The number of phosphoric ester groups is 3. The molecule has 43 heteroatoms. The molecule has 10 rings (SSSR count). The summed E-state index contributed by atoms with van der Waals surface area (Å²) in [5, 5.41) is 56.1. The maximum atomic E-state index is 14.0. The third kappa shape index (κ3) is 11.6. The van der Waals surface area contributed by atoms with Gasteiger partial charge in [-0.3, -0.25) is 65.0 Å². The van der Waals surface area contributed by atoms with Crippen LogP contribution in [0.5, 0.6) is 0 Å². The van der Waals surface area contributed by atoms with Gasteiger partial charge in [0, 0.05) is 18.5 Å². The van der Waals surface area contributed by atoms with Crippen LogP contribution in [-0.2, 0) is 59.8 Å². The van der Waals surface area contributed by atoms with E-state index in [0.29, 0.717) is 4.57 Å². The number of hydrogen-bond donors (Lipinski definition) is 13. The molecule has 0 saturated carbocycles. The highest BCUT2D eigenvalue weighted by Crippen LogP contribution is 2.54. The van der Waals surface area contributed by atoms with Gasteiger partial charge in [0.1, 0.15) is 84.8 Å². The van der Waals surface area contributed by atoms with Gasteiger partial charge in [0.25, 0.3) is 11.1 Å². The largest absolute Gasteiger partial charge is 0.472 e. The summed E-state index contributed by atoms with van der Waals surface area (Å²) < 4.78 is 99.1. The molecule has 19 atom stereocenters. The van der Waals surface area contributed by atoms with Gasteiger partial charge in [-0.1, -0.05) is 0 Å². The minimum Gasteiger partial charge on any atom is -0.387 e. The molecule has 0 bridgehead atoms. The van der Waals surface area contributed by atoms with Crippen molar-refractivity contribution in [2.75, 3.05) is 37.0 Å². The predicted molar refractivity (Wildman–Crippen MR) is 260 cm³/mol. The molecule has 4 aliphatic heterocycles. The maximum Gasteiger partial charge on any atom is 0.472 e. The molecule has 0 aromatic carbocycles. The van der Waals surface area contributed by atoms with Gasteiger partial charge in [0.15, 0.2) is 47.5 Å². The fraction of sp³-hybridized carbons (Fsp3) is 0.526. The van der Waals surface area contributed by atoms with Crippen LogP contribution in [0.4, 0.5) is 17.6 Å². The van der Waals surface area contributed by atoms with E-state index in [4.69, 9.17) is 63.3 Å². The molecular weight excluding hydrogens is 1160 g/mol. The third-order valence-electron chi connectivity index (χ3n) is 13.0. The third-order valence-corrected chi connectivity index (χ3v) is 16.0. The van der Waals surface area contributed by atoms with Crippen molar-refractivity contribution >= 4 is 63.4 Å². The number of aromatic nitrogens is 12. The van der Waals surface area contributed by atoms with Gasteiger partial charge in [0.2, 0.25) is 5.95 Å². The zero-order chi connectivity index (χ0) is 58.2. The summed E-state index contributed by atoms with van der Waals surface area (Å²) >= 11 is 0. The highest BCUT2D eigenvalue weighted by molar-refractivity contribution is 7.48. The van der Waals surface area contributed by atoms with Crippen LogP contribution in [0, 0.1) is 0 Å². The number of anilines is 3. The molecule has 10 heterocycles. The molecule has 40 nitrogen and oxygen atoms in total. The topological polar surface area (TPSA) is 580 Å². The first-order valence-electron chi connectivity index (χ1n) is 23.5. The molecule has 6 aromatic rings. The molecule has 6 aromatic heterocycles. The van der Waals surface area contributed by atoms with Crippen molar-refractivity contribution in [2.45, 2.75) is 105 Å². The van der Waals surface area contributed by atoms with Gasteiger partial charge in [-0.15, -0.1) is 0 Å². The Kier molecular flexibility index (Phi) is 15.9. The number of nitrogen functional groups attached to an aromatic ring is 3. The molecular formula is C38H48N15O25P3. The Morgan fingerprint density at radius 3 is 1.69 bits per heavy atom. The first kappa shape index (κ1) is 58.0. The van der Waals surface area contributed by atoms with Gasteiger partial charge < -0.3 is 76.4 Å². The summed E-state index contributed by atoms with van der Waals surface area (Å²) in [6, 6.07) is 2.05. The second-order valence-electron chi connectivity index (χ2n) is 18.3. The van der Waals surface area contributed by atoms with Crippen molar-refractivity contribution in [3.05, 3.63) is 85.2 Å². The van der Waals surface area contributed by atoms with E-state index in [1.807, 2.05) is 4.98 Å². The van der Waals surface area contributed by atoms with Gasteiger partial charge in [-0.25, -0.2) is 43.2 Å². The number of fused-ring (bicyclic) bond motifs is 2. The first-order valence-corrected chi connectivity index (χ1v) is 28.0. The Morgan fingerprint density at radius 2 is 1.09 bits per heavy atom. The summed E-state index contributed by atoms with van der Waals surface area (Å²) in [6.07, 6.45) is -23.7. The summed E-state index contributed by atoms with van der Waals surface area (Å²) in [4.78, 5) is 110. The van der Waals surface area contributed by atoms with Crippen LogP contribution in [0.2, 0.25) is 0 Å². The van der Waals surface area contributed by atoms with Gasteiger partial charge >= 0.3 is 34.8 Å². The monoisotopic (exact) mass is 1210 g/mol. The molecule has 4 fully saturated rings. The van der Waals surface area contributed by atoms with Crippen LogP contribution in [0.25, 0.3) is 22.3 Å². The minimum absolute atomic E-state index is 0.0158. The molecule has 0 aliphatic carbocycles. The van der Waals surface area contributed by atoms with E-state index >= 15 is 0 Å². The summed E-state index contributed by atoms with van der Waals surface area (Å²) in [6.45, 7) is -2.11. The average Bonchev–Trinajstić information content (AvgIpc) is 4.41. The van der Waals surface area contributed by atoms with E-state index in [1.54, 1.807) is 0 Å². The van der Waals surface area contributed by atoms with Crippen LogP contribution in [-0.4, -0.2) is 191 Å². The van der Waals surface area contributed by atoms with Crippen LogP contribution < -0.4 is 39.7 Å². The Balaban J connectivity index is 0.858. The molecule has 16 N–H and O–H groups in total. The van der Waals surface area contributed by atoms with Crippen molar-refractivity contribution in [1.29, 1.82) is 0 Å². The fourth-order valence-electron chi connectivity index (χ4n) is 9.21. The van der Waals surface area contributed by atoms with E-state index in [-0.39, 0.29) is 34.0 Å². The quantitative estimate of drug-likeness (QED) is 0.0336. The van der Waals surface area contributed by atoms with Gasteiger partial charge in [-0.05, 0) is 13.0 Å². The number of nitrogens with one attached hydrogen (secondary N) is 2. The number of aliphatic hydroxyl groups is 5. The molecule has 4 saturated heterocycles. The Labute approximate surface area is 448 Å². The summed E-state index contributed by atoms with van der Waals surface area (Å²) in [7, 11) is -16.6. The Morgan fingerprint density at radius 1 is 0.580 bits per heavy atom. The maximum absolute atomic E-state index is 14.0. The van der Waals surface area contributed by atoms with Crippen LogP contribution >= 0.6 is 23.5 Å². The molecule has 3 unspecified atom stereocenters. The molecule has 0 radical (unpaired) electrons. The van der Waals surface area contributed by atoms with E-state index in [0.717, 1.165) is 46.3 Å². The second-order valence-corrected chi connectivity index (χ2v) is 22.5. The first-order chi connectivity index (χ1) is 38.2. The number of ether oxygens (including phenoxy) is 4. The number of imidazole rings is 2. The average molecular weight is 1210 g/mol. The van der Waals surface area contributed by atoms with Crippen molar-refractivity contribution in [1.82, 2.24) is 58.1 Å². The lowest BCUT2D eigenvalue weighted by Crippen LogP contribution is -2.39. The fourth-order valence-corrected chi connectivity index (χ4v) is 12.1. The normalized spacial score (nSPS) is 32.8. The van der Waals surface area contributed by atoms with E-state index in [9.17, 15) is 73.1 Å². The van der Waals surface area contributed by atoms with Crippen LogP contribution in [0.1, 0.15) is 31.8 Å². The Hall–Kier alpha value is -6.17. The molecule has 0 amide bonds. The van der Waals surface area contributed by atoms with E-state index < -0.39 is 170 Å².